The molecule has 0 bridgehead atoms. The largest absolute Gasteiger partial charge is 0.490 e. The molecule has 0 spiro atoms. The van der Waals surface area contributed by atoms with Crippen molar-refractivity contribution in [3.8, 4) is 0 Å². The van der Waals surface area contributed by atoms with Crippen LogP contribution in [-0.2, 0) is 14.8 Å². The van der Waals surface area contributed by atoms with Gasteiger partial charge in [-0.1, -0.05) is 11.6 Å². The van der Waals surface area contributed by atoms with Crippen molar-refractivity contribution in [3.05, 3.63) is 29.0 Å². The van der Waals surface area contributed by atoms with Crippen molar-refractivity contribution in [1.82, 2.24) is 4.31 Å². The maximum Gasteiger partial charge on any atom is 0.490 e. The van der Waals surface area contributed by atoms with Crippen LogP contribution in [0.5, 0.6) is 0 Å². The zero-order chi connectivity index (χ0) is 19.4. The molecule has 0 aromatic heterocycles. The zero-order valence-corrected chi connectivity index (χ0v) is 14.2. The number of alkyl halides is 3. The molecule has 1 atom stereocenters. The lowest BCUT2D eigenvalue weighted by Gasteiger charge is -2.23. The van der Waals surface area contributed by atoms with Gasteiger partial charge in [0.15, 0.2) is 0 Å². The molecule has 6 nitrogen and oxygen atoms in total. The summed E-state index contributed by atoms with van der Waals surface area (Å²) in [5, 5.41) is 7.03. The van der Waals surface area contributed by atoms with Gasteiger partial charge < -0.3 is 10.8 Å². The molecule has 25 heavy (non-hydrogen) atoms. The van der Waals surface area contributed by atoms with Crippen LogP contribution in [0.3, 0.4) is 0 Å². The smallest absolute Gasteiger partial charge is 0.475 e. The average molecular weight is 407 g/mol. The summed E-state index contributed by atoms with van der Waals surface area (Å²) < 4.78 is 70.8. The fourth-order valence-electron chi connectivity index (χ4n) is 2.17. The van der Waals surface area contributed by atoms with Crippen molar-refractivity contribution in [1.29, 1.82) is 0 Å². The number of carbonyl (C=O) groups is 1. The maximum absolute atomic E-state index is 12.9. The lowest BCUT2D eigenvalue weighted by Crippen LogP contribution is -2.39. The van der Waals surface area contributed by atoms with Crippen LogP contribution in [0.25, 0.3) is 0 Å². The molecule has 12 heteroatoms. The quantitative estimate of drug-likeness (QED) is 0.750. The first-order valence-electron chi connectivity index (χ1n) is 6.88. The summed E-state index contributed by atoms with van der Waals surface area (Å²) in [5.41, 5.74) is 5.56. The minimum absolute atomic E-state index is 0.0640. The number of hydrogen-bond donors (Lipinski definition) is 2. The highest BCUT2D eigenvalue weighted by Crippen LogP contribution is 2.30. The van der Waals surface area contributed by atoms with Gasteiger partial charge in [-0.15, -0.1) is 0 Å². The van der Waals surface area contributed by atoms with Gasteiger partial charge in [-0.3, -0.25) is 0 Å². The van der Waals surface area contributed by atoms with E-state index in [2.05, 4.69) is 0 Å². The summed E-state index contributed by atoms with van der Waals surface area (Å²) in [4.78, 5) is 8.83. The highest BCUT2D eigenvalue weighted by Gasteiger charge is 2.38. The molecule has 1 aromatic rings. The minimum atomic E-state index is -5.08. The van der Waals surface area contributed by atoms with Gasteiger partial charge >= 0.3 is 12.1 Å². The molecule has 0 aliphatic carbocycles. The van der Waals surface area contributed by atoms with E-state index in [1.807, 2.05) is 0 Å². The summed E-state index contributed by atoms with van der Waals surface area (Å²) in [6.45, 7) is 0.704. The topological polar surface area (TPSA) is 101 Å². The van der Waals surface area contributed by atoms with E-state index in [9.17, 15) is 26.0 Å². The molecule has 1 aromatic carbocycles. The van der Waals surface area contributed by atoms with E-state index in [0.717, 1.165) is 25.0 Å². The minimum Gasteiger partial charge on any atom is -0.475 e. The van der Waals surface area contributed by atoms with Gasteiger partial charge in [0.25, 0.3) is 0 Å². The number of carboxylic acid groups (broad SMARTS) is 1. The van der Waals surface area contributed by atoms with Crippen molar-refractivity contribution in [2.45, 2.75) is 30.0 Å². The Balaban J connectivity index is 0.000000381. The Hall–Kier alpha value is -1.43. The van der Waals surface area contributed by atoms with E-state index in [4.69, 9.17) is 27.2 Å². The predicted molar refractivity (Wildman–Crippen MR) is 81.1 cm³/mol. The second kappa shape index (κ2) is 8.30. The standard InChI is InChI=1S/C11H14ClFN2O2S.C2HF3O2/c12-10-6-8(13)3-4-11(10)18(16,17)15-5-1-2-9(15)7-14;3-2(4,5)1(6)7/h3-4,6,9H,1-2,5,7,14H2;(H,6,7). The molecular weight excluding hydrogens is 392 g/mol. The highest BCUT2D eigenvalue weighted by molar-refractivity contribution is 7.89. The molecule has 0 radical (unpaired) electrons. The van der Waals surface area contributed by atoms with Gasteiger partial charge in [-0.05, 0) is 31.0 Å². The summed E-state index contributed by atoms with van der Waals surface area (Å²) >= 11 is 5.81. The summed E-state index contributed by atoms with van der Waals surface area (Å²) in [6.07, 6.45) is -3.56. The number of aliphatic carboxylic acids is 1. The van der Waals surface area contributed by atoms with Gasteiger partial charge in [0.1, 0.15) is 10.7 Å². The van der Waals surface area contributed by atoms with Crippen LogP contribution >= 0.6 is 11.6 Å². The van der Waals surface area contributed by atoms with Crippen LogP contribution in [0.2, 0.25) is 5.02 Å². The second-order valence-electron chi connectivity index (χ2n) is 5.03. The third-order valence-corrected chi connectivity index (χ3v) is 5.75. The normalized spacial score (nSPS) is 18.6. The van der Waals surface area contributed by atoms with Gasteiger partial charge in [0.05, 0.1) is 5.02 Å². The van der Waals surface area contributed by atoms with Crippen LogP contribution in [0.15, 0.2) is 23.1 Å². The first-order valence-corrected chi connectivity index (χ1v) is 8.70. The molecule has 3 N–H and O–H groups in total. The van der Waals surface area contributed by atoms with Crippen molar-refractivity contribution < 1.29 is 35.9 Å². The number of nitrogens with zero attached hydrogens (tertiary/aromatic N) is 1. The van der Waals surface area contributed by atoms with E-state index >= 15 is 0 Å². The Morgan fingerprint density at radius 3 is 2.40 bits per heavy atom. The molecule has 1 fully saturated rings. The third-order valence-electron chi connectivity index (χ3n) is 3.32. The number of sulfonamides is 1. The molecule has 0 saturated carbocycles. The second-order valence-corrected chi connectivity index (χ2v) is 7.29. The number of halogens is 5. The predicted octanol–water partition coefficient (Wildman–Crippen LogP) is 2.22. The maximum atomic E-state index is 12.9. The number of hydrogen-bond acceptors (Lipinski definition) is 4. The SMILES string of the molecule is NCC1CCCN1S(=O)(=O)c1ccc(F)cc1Cl.O=C(O)C(F)(F)F. The number of carboxylic acids is 1. The summed E-state index contributed by atoms with van der Waals surface area (Å²) in [7, 11) is -3.69. The number of nitrogens with two attached hydrogens (primary N) is 1. The van der Waals surface area contributed by atoms with Gasteiger partial charge in [-0.2, -0.15) is 17.5 Å². The Labute approximate surface area is 146 Å². The molecule has 1 unspecified atom stereocenters. The molecule has 1 aliphatic heterocycles. The first-order chi connectivity index (χ1) is 11.4. The number of benzene rings is 1. The molecule has 2 rings (SSSR count). The van der Waals surface area contributed by atoms with Gasteiger partial charge in [0, 0.05) is 19.1 Å². The Kier molecular flexibility index (Phi) is 7.18. The molecule has 1 saturated heterocycles. The fourth-order valence-corrected chi connectivity index (χ4v) is 4.38. The number of rotatable bonds is 3. The monoisotopic (exact) mass is 406 g/mol. The first kappa shape index (κ1) is 21.6. The zero-order valence-electron chi connectivity index (χ0n) is 12.6. The van der Waals surface area contributed by atoms with Crippen LogP contribution in [0.4, 0.5) is 17.6 Å². The van der Waals surface area contributed by atoms with Gasteiger partial charge in [-0.25, -0.2) is 17.6 Å². The highest BCUT2D eigenvalue weighted by atomic mass is 35.5. The van der Waals surface area contributed by atoms with E-state index in [-0.39, 0.29) is 22.5 Å². The van der Waals surface area contributed by atoms with Crippen LogP contribution < -0.4 is 5.73 Å². The fraction of sp³-hybridized carbons (Fsp3) is 0.462. The third kappa shape index (κ3) is 5.53. The van der Waals surface area contributed by atoms with E-state index in [1.54, 1.807) is 0 Å². The van der Waals surface area contributed by atoms with E-state index < -0.39 is 28.0 Å². The lowest BCUT2D eigenvalue weighted by atomic mass is 10.2. The lowest BCUT2D eigenvalue weighted by molar-refractivity contribution is -0.192. The van der Waals surface area contributed by atoms with Crippen LogP contribution in [-0.4, -0.2) is 49.1 Å². The Morgan fingerprint density at radius 2 is 1.96 bits per heavy atom. The van der Waals surface area contributed by atoms with Crippen molar-refractivity contribution in [2.75, 3.05) is 13.1 Å². The Bertz CT molecular complexity index is 727. The summed E-state index contributed by atoms with van der Waals surface area (Å²) in [6, 6.07) is 3.09. The molecular formula is C13H15ClF4N2O4S. The van der Waals surface area contributed by atoms with Crippen molar-refractivity contribution in [3.63, 3.8) is 0 Å². The average Bonchev–Trinajstić information content (AvgIpc) is 2.95. The molecule has 1 heterocycles. The van der Waals surface area contributed by atoms with Gasteiger partial charge in [0.2, 0.25) is 10.0 Å². The van der Waals surface area contributed by atoms with Crippen LogP contribution in [0.1, 0.15) is 12.8 Å². The van der Waals surface area contributed by atoms with Crippen LogP contribution in [0, 0.1) is 5.82 Å². The molecule has 0 amide bonds. The van der Waals surface area contributed by atoms with Crippen molar-refractivity contribution >= 4 is 27.6 Å². The Morgan fingerprint density at radius 1 is 1.40 bits per heavy atom. The van der Waals surface area contributed by atoms with E-state index in [1.165, 1.54) is 10.4 Å². The van der Waals surface area contributed by atoms with Crippen molar-refractivity contribution in [2.24, 2.45) is 5.73 Å². The summed E-state index contributed by atoms with van der Waals surface area (Å²) in [5.74, 6) is -3.32. The molecule has 142 valence electrons. The van der Waals surface area contributed by atoms with E-state index in [0.29, 0.717) is 6.54 Å². The molecule has 1 aliphatic rings.